The number of carbonyl (C=O) groups is 1. The molecule has 1 saturated heterocycles. The summed E-state index contributed by atoms with van der Waals surface area (Å²) in [6, 6.07) is 11.7. The molecule has 0 unspecified atom stereocenters. The Hall–Kier alpha value is -1.35. The lowest BCUT2D eigenvalue weighted by atomic mass is 9.74. The predicted octanol–water partition coefficient (Wildman–Crippen LogP) is 4.37. The number of fused-ring (bicyclic) bond motifs is 1. The lowest BCUT2D eigenvalue weighted by Gasteiger charge is -2.37. The van der Waals surface area contributed by atoms with Crippen LogP contribution in [0.1, 0.15) is 63.9 Å². The standard InChI is InChI=1S/C22H31NO2/c1-15-20-12-13-21(20)23(16(2)24)22(15)14-25-19-10-8-18(9-11-19)17-6-4-3-5-7-17/h3-7,15,18-22H,8-14H2,1-2H3/t15-,18?,19?,20+,21+,22-/m0/s1. The Kier molecular flexibility index (Phi) is 4.86. The Morgan fingerprint density at radius 2 is 1.80 bits per heavy atom. The summed E-state index contributed by atoms with van der Waals surface area (Å²) < 4.78 is 6.33. The molecule has 1 amide bonds. The Morgan fingerprint density at radius 1 is 1.08 bits per heavy atom. The van der Waals surface area contributed by atoms with Crippen molar-refractivity contribution in [2.75, 3.05) is 6.61 Å². The van der Waals surface area contributed by atoms with Crippen LogP contribution in [-0.4, -0.2) is 35.6 Å². The predicted molar refractivity (Wildman–Crippen MR) is 99.4 cm³/mol. The van der Waals surface area contributed by atoms with Crippen molar-refractivity contribution in [1.29, 1.82) is 0 Å². The molecule has 0 aromatic heterocycles. The van der Waals surface area contributed by atoms with Crippen molar-refractivity contribution in [3.63, 3.8) is 0 Å². The van der Waals surface area contributed by atoms with E-state index >= 15 is 0 Å². The second-order valence-electron chi connectivity index (χ2n) is 8.38. The van der Waals surface area contributed by atoms with Gasteiger partial charge in [-0.05, 0) is 61.8 Å². The molecule has 0 N–H and O–H groups in total. The van der Waals surface area contributed by atoms with Crippen LogP contribution in [0.4, 0.5) is 0 Å². The van der Waals surface area contributed by atoms with Crippen molar-refractivity contribution in [3.05, 3.63) is 35.9 Å². The average molecular weight is 341 g/mol. The third kappa shape index (κ3) is 3.23. The number of hydrogen-bond donors (Lipinski definition) is 0. The Balaban J connectivity index is 1.30. The van der Waals surface area contributed by atoms with E-state index in [0.29, 0.717) is 35.9 Å². The van der Waals surface area contributed by atoms with E-state index in [-0.39, 0.29) is 5.91 Å². The first kappa shape index (κ1) is 17.1. The summed E-state index contributed by atoms with van der Waals surface area (Å²) in [6.45, 7) is 4.78. The molecule has 3 heteroatoms. The highest BCUT2D eigenvalue weighted by Gasteiger charge is 2.52. The highest BCUT2D eigenvalue weighted by molar-refractivity contribution is 5.74. The molecule has 0 spiro atoms. The third-order valence-electron chi connectivity index (χ3n) is 7.10. The molecule has 3 aliphatic rings. The van der Waals surface area contributed by atoms with E-state index in [1.807, 2.05) is 0 Å². The third-order valence-corrected chi connectivity index (χ3v) is 7.10. The van der Waals surface area contributed by atoms with Gasteiger partial charge in [-0.3, -0.25) is 4.79 Å². The second kappa shape index (κ2) is 7.11. The molecule has 2 saturated carbocycles. The number of rotatable bonds is 4. The van der Waals surface area contributed by atoms with E-state index in [1.165, 1.54) is 31.2 Å². The topological polar surface area (TPSA) is 29.5 Å². The Bertz CT molecular complexity index is 593. The van der Waals surface area contributed by atoms with Crippen LogP contribution in [0.25, 0.3) is 0 Å². The fourth-order valence-electron chi connectivity index (χ4n) is 5.47. The molecule has 0 bridgehead atoms. The number of nitrogens with zero attached hydrogens (tertiary/aromatic N) is 1. The van der Waals surface area contributed by atoms with Crippen molar-refractivity contribution in [2.45, 2.75) is 76.5 Å². The summed E-state index contributed by atoms with van der Waals surface area (Å²) in [7, 11) is 0. The molecule has 1 aromatic rings. The lowest BCUT2D eigenvalue weighted by Crippen LogP contribution is -2.46. The normalized spacial score (nSPS) is 37.4. The van der Waals surface area contributed by atoms with Crippen LogP contribution in [0.3, 0.4) is 0 Å². The number of hydrogen-bond acceptors (Lipinski definition) is 2. The molecule has 136 valence electrons. The van der Waals surface area contributed by atoms with Gasteiger partial charge in [-0.15, -0.1) is 0 Å². The number of ether oxygens (including phenoxy) is 1. The number of carbonyl (C=O) groups excluding carboxylic acids is 1. The quantitative estimate of drug-likeness (QED) is 0.813. The van der Waals surface area contributed by atoms with Gasteiger partial charge in [0.2, 0.25) is 5.91 Å². The van der Waals surface area contributed by atoms with Gasteiger partial charge >= 0.3 is 0 Å². The monoisotopic (exact) mass is 341 g/mol. The van der Waals surface area contributed by atoms with Gasteiger partial charge in [0.15, 0.2) is 0 Å². The van der Waals surface area contributed by atoms with Gasteiger partial charge in [-0.25, -0.2) is 0 Å². The molecule has 1 heterocycles. The average Bonchev–Trinajstić information content (AvgIpc) is 2.79. The summed E-state index contributed by atoms with van der Waals surface area (Å²) in [5.74, 6) is 2.23. The van der Waals surface area contributed by atoms with E-state index in [0.717, 1.165) is 19.4 Å². The molecule has 4 rings (SSSR count). The minimum absolute atomic E-state index is 0.237. The van der Waals surface area contributed by atoms with Crippen LogP contribution >= 0.6 is 0 Å². The zero-order chi connectivity index (χ0) is 17.4. The van der Waals surface area contributed by atoms with Crippen molar-refractivity contribution in [1.82, 2.24) is 4.90 Å². The molecule has 2 aliphatic carbocycles. The van der Waals surface area contributed by atoms with Crippen molar-refractivity contribution in [2.24, 2.45) is 11.8 Å². The highest BCUT2D eigenvalue weighted by Crippen LogP contribution is 2.47. The van der Waals surface area contributed by atoms with Crippen LogP contribution in [0.15, 0.2) is 30.3 Å². The van der Waals surface area contributed by atoms with Crippen LogP contribution in [0.5, 0.6) is 0 Å². The molecular formula is C22H31NO2. The molecule has 25 heavy (non-hydrogen) atoms. The molecule has 4 atom stereocenters. The fraction of sp³-hybridized carbons (Fsp3) is 0.682. The number of benzene rings is 1. The summed E-state index contributed by atoms with van der Waals surface area (Å²) in [5, 5.41) is 0. The summed E-state index contributed by atoms with van der Waals surface area (Å²) >= 11 is 0. The summed E-state index contributed by atoms with van der Waals surface area (Å²) in [6.07, 6.45) is 7.58. The van der Waals surface area contributed by atoms with E-state index < -0.39 is 0 Å². The summed E-state index contributed by atoms with van der Waals surface area (Å²) in [4.78, 5) is 14.3. The number of likely N-dealkylation sites (tertiary alicyclic amines) is 1. The van der Waals surface area contributed by atoms with E-state index in [4.69, 9.17) is 4.74 Å². The molecule has 1 aromatic carbocycles. The van der Waals surface area contributed by atoms with Gasteiger partial charge in [-0.2, -0.15) is 0 Å². The summed E-state index contributed by atoms with van der Waals surface area (Å²) in [5.41, 5.74) is 1.48. The van der Waals surface area contributed by atoms with Crippen LogP contribution in [0, 0.1) is 11.8 Å². The molecule has 1 aliphatic heterocycles. The molecule has 3 nitrogen and oxygen atoms in total. The second-order valence-corrected chi connectivity index (χ2v) is 8.38. The first-order valence-corrected chi connectivity index (χ1v) is 10.1. The van der Waals surface area contributed by atoms with Gasteiger partial charge in [0.05, 0.1) is 18.8 Å². The molecule has 0 radical (unpaired) electrons. The van der Waals surface area contributed by atoms with E-state index in [2.05, 4.69) is 42.2 Å². The maximum atomic E-state index is 12.1. The molecular weight excluding hydrogens is 310 g/mol. The minimum atomic E-state index is 0.237. The smallest absolute Gasteiger partial charge is 0.220 e. The zero-order valence-corrected chi connectivity index (χ0v) is 15.6. The van der Waals surface area contributed by atoms with Gasteiger partial charge in [0, 0.05) is 13.0 Å². The van der Waals surface area contributed by atoms with Gasteiger partial charge in [0.25, 0.3) is 0 Å². The van der Waals surface area contributed by atoms with Crippen LogP contribution in [-0.2, 0) is 9.53 Å². The van der Waals surface area contributed by atoms with Crippen molar-refractivity contribution in [3.8, 4) is 0 Å². The van der Waals surface area contributed by atoms with E-state index in [1.54, 1.807) is 6.92 Å². The maximum absolute atomic E-state index is 12.1. The minimum Gasteiger partial charge on any atom is -0.376 e. The first-order chi connectivity index (χ1) is 12.1. The molecule has 3 fully saturated rings. The van der Waals surface area contributed by atoms with Gasteiger partial charge in [-0.1, -0.05) is 37.3 Å². The van der Waals surface area contributed by atoms with Gasteiger partial charge in [0.1, 0.15) is 0 Å². The SMILES string of the molecule is CC(=O)N1[C@@H]2CC[C@@H]2[C@H](C)[C@@H]1COC1CCC(c2ccccc2)CC1. The first-order valence-electron chi connectivity index (χ1n) is 10.1. The highest BCUT2D eigenvalue weighted by atomic mass is 16.5. The van der Waals surface area contributed by atoms with E-state index in [9.17, 15) is 4.79 Å². The van der Waals surface area contributed by atoms with Gasteiger partial charge < -0.3 is 9.64 Å². The largest absolute Gasteiger partial charge is 0.376 e. The zero-order valence-electron chi connectivity index (χ0n) is 15.6. The Morgan fingerprint density at radius 3 is 2.40 bits per heavy atom. The van der Waals surface area contributed by atoms with Crippen molar-refractivity contribution >= 4 is 5.91 Å². The maximum Gasteiger partial charge on any atom is 0.220 e. The van der Waals surface area contributed by atoms with Crippen molar-refractivity contribution < 1.29 is 9.53 Å². The van der Waals surface area contributed by atoms with Crippen LogP contribution in [0.2, 0.25) is 0 Å². The fourth-order valence-corrected chi connectivity index (χ4v) is 5.47. The van der Waals surface area contributed by atoms with Crippen LogP contribution < -0.4 is 0 Å². The Labute approximate surface area is 151 Å². The lowest BCUT2D eigenvalue weighted by molar-refractivity contribution is -0.135. The number of amides is 1.